The molecule has 1 aliphatic heterocycles. The van der Waals surface area contributed by atoms with Crippen LogP contribution in [0.15, 0.2) is 231 Å². The molecule has 10 aromatic rings. The second-order valence-corrected chi connectivity index (χ2v) is 18.0. The summed E-state index contributed by atoms with van der Waals surface area (Å²) in [6.45, 7) is 4.75. The number of nitrogens with zero attached hydrogens (tertiary/aromatic N) is 2. The Morgan fingerprint density at radius 3 is 1.59 bits per heavy atom. The number of rotatable bonds is 5. The highest BCUT2D eigenvalue weighted by Crippen LogP contribution is 2.64. The van der Waals surface area contributed by atoms with Gasteiger partial charge in [0.05, 0.1) is 28.2 Å². The Hall–Kier alpha value is -7.94. The average Bonchev–Trinajstić information content (AvgIpc) is 3.82. The first-order valence-electron chi connectivity index (χ1n) is 22.4. The van der Waals surface area contributed by atoms with Gasteiger partial charge >= 0.3 is 0 Å². The van der Waals surface area contributed by atoms with E-state index >= 15 is 0 Å². The summed E-state index contributed by atoms with van der Waals surface area (Å²) in [7, 11) is 0. The van der Waals surface area contributed by atoms with Gasteiger partial charge in [-0.1, -0.05) is 202 Å². The summed E-state index contributed by atoms with van der Waals surface area (Å²) in [5, 5.41) is 2.38. The predicted octanol–water partition coefficient (Wildman–Crippen LogP) is 16.4. The van der Waals surface area contributed by atoms with E-state index in [1.165, 1.54) is 88.9 Å². The Bertz CT molecular complexity index is 3430. The largest absolute Gasteiger partial charge is 0.308 e. The molecular weight excluding hydrogens is 773 g/mol. The Morgan fingerprint density at radius 1 is 0.359 bits per heavy atom. The minimum absolute atomic E-state index is 0.237. The highest BCUT2D eigenvalue weighted by atomic mass is 15.2. The minimum Gasteiger partial charge on any atom is -0.308 e. The van der Waals surface area contributed by atoms with E-state index in [4.69, 9.17) is 0 Å². The lowest BCUT2D eigenvalue weighted by atomic mass is 9.70. The Morgan fingerprint density at radius 2 is 0.906 bits per heavy atom. The lowest BCUT2D eigenvalue weighted by Crippen LogP contribution is -2.31. The molecule has 0 amide bonds. The molecule has 1 heterocycles. The van der Waals surface area contributed by atoms with E-state index in [1.54, 1.807) is 0 Å². The smallest absolute Gasteiger partial charge is 0.0781 e. The SMILES string of the molecule is CC1(C)c2ccccc2N(c2c(N(c3ccccc3)c3ccc4c(c3)C3(c5ccccc5-c5ccccc53)c3ccccc3-4)ccc3ccccc23)c2cc(-c3ccccc3)ccc21. The predicted molar refractivity (Wildman–Crippen MR) is 267 cm³/mol. The number of para-hydroxylation sites is 2. The van der Waals surface area contributed by atoms with Gasteiger partial charge in [0.15, 0.2) is 0 Å². The highest BCUT2D eigenvalue weighted by Gasteiger charge is 2.51. The van der Waals surface area contributed by atoms with E-state index in [0.717, 1.165) is 22.7 Å². The molecule has 302 valence electrons. The molecule has 0 saturated carbocycles. The van der Waals surface area contributed by atoms with Crippen molar-refractivity contribution in [1.82, 2.24) is 0 Å². The number of anilines is 6. The lowest BCUT2D eigenvalue weighted by Gasteiger charge is -2.44. The molecule has 1 spiro atoms. The van der Waals surface area contributed by atoms with Crippen LogP contribution in [-0.2, 0) is 10.8 Å². The molecule has 2 aliphatic carbocycles. The molecule has 0 unspecified atom stereocenters. The number of benzene rings is 10. The van der Waals surface area contributed by atoms with E-state index in [-0.39, 0.29) is 5.41 Å². The van der Waals surface area contributed by atoms with Gasteiger partial charge in [0.25, 0.3) is 0 Å². The molecule has 10 aromatic carbocycles. The average molecular weight is 817 g/mol. The fraction of sp³-hybridized carbons (Fsp3) is 0.0645. The maximum atomic E-state index is 2.57. The molecule has 2 heteroatoms. The van der Waals surface area contributed by atoms with Gasteiger partial charge in [-0.15, -0.1) is 0 Å². The van der Waals surface area contributed by atoms with Crippen LogP contribution in [-0.4, -0.2) is 0 Å². The molecule has 3 aliphatic rings. The maximum absolute atomic E-state index is 2.57. The van der Waals surface area contributed by atoms with Crippen molar-refractivity contribution in [3.05, 3.63) is 264 Å². The summed E-state index contributed by atoms with van der Waals surface area (Å²) < 4.78 is 0. The molecule has 0 saturated heterocycles. The molecule has 13 rings (SSSR count). The van der Waals surface area contributed by atoms with Crippen LogP contribution in [0.5, 0.6) is 0 Å². The van der Waals surface area contributed by atoms with E-state index in [2.05, 4.69) is 254 Å². The molecule has 0 radical (unpaired) electrons. The molecular formula is C62H44N2. The van der Waals surface area contributed by atoms with Crippen molar-refractivity contribution in [2.75, 3.05) is 9.80 Å². The normalized spacial score (nSPS) is 14.3. The van der Waals surface area contributed by atoms with E-state index < -0.39 is 5.41 Å². The first kappa shape index (κ1) is 36.7. The summed E-state index contributed by atoms with van der Waals surface area (Å²) in [5.41, 5.74) is 21.7. The number of hydrogen-bond acceptors (Lipinski definition) is 2. The van der Waals surface area contributed by atoms with E-state index in [1.807, 2.05) is 0 Å². The maximum Gasteiger partial charge on any atom is 0.0781 e. The lowest BCUT2D eigenvalue weighted by molar-refractivity contribution is 0.632. The number of fused-ring (bicyclic) bond motifs is 13. The summed E-state index contributed by atoms with van der Waals surface area (Å²) in [4.78, 5) is 5.08. The fourth-order valence-corrected chi connectivity index (χ4v) is 11.7. The zero-order valence-electron chi connectivity index (χ0n) is 35.8. The first-order valence-corrected chi connectivity index (χ1v) is 22.4. The van der Waals surface area contributed by atoms with Crippen LogP contribution in [0.1, 0.15) is 47.2 Å². The summed E-state index contributed by atoms with van der Waals surface area (Å²) in [5.74, 6) is 0. The van der Waals surface area contributed by atoms with Gasteiger partial charge in [-0.2, -0.15) is 0 Å². The molecule has 0 aromatic heterocycles. The molecule has 0 bridgehead atoms. The Labute approximate surface area is 375 Å². The van der Waals surface area contributed by atoms with Crippen LogP contribution in [0, 0.1) is 0 Å². The van der Waals surface area contributed by atoms with Gasteiger partial charge in [0.2, 0.25) is 0 Å². The van der Waals surface area contributed by atoms with Crippen molar-refractivity contribution in [1.29, 1.82) is 0 Å². The quantitative estimate of drug-likeness (QED) is 0.171. The van der Waals surface area contributed by atoms with Gasteiger partial charge in [-0.25, -0.2) is 0 Å². The van der Waals surface area contributed by atoms with Crippen molar-refractivity contribution in [3.63, 3.8) is 0 Å². The van der Waals surface area contributed by atoms with Crippen molar-refractivity contribution in [2.24, 2.45) is 0 Å². The summed E-state index contributed by atoms with van der Waals surface area (Å²) in [6.07, 6.45) is 0. The summed E-state index contributed by atoms with van der Waals surface area (Å²) >= 11 is 0. The number of hydrogen-bond donors (Lipinski definition) is 0. The van der Waals surface area contributed by atoms with Gasteiger partial charge < -0.3 is 9.80 Å². The van der Waals surface area contributed by atoms with Crippen LogP contribution in [0.3, 0.4) is 0 Å². The van der Waals surface area contributed by atoms with Gasteiger partial charge in [0.1, 0.15) is 0 Å². The van der Waals surface area contributed by atoms with Gasteiger partial charge in [0, 0.05) is 22.2 Å². The molecule has 0 atom stereocenters. The second kappa shape index (κ2) is 13.8. The third kappa shape index (κ3) is 5.02. The van der Waals surface area contributed by atoms with Crippen LogP contribution in [0.4, 0.5) is 34.1 Å². The minimum atomic E-state index is -0.464. The highest BCUT2D eigenvalue weighted by molar-refractivity contribution is 6.09. The van der Waals surface area contributed by atoms with Crippen LogP contribution >= 0.6 is 0 Å². The van der Waals surface area contributed by atoms with E-state index in [9.17, 15) is 0 Å². The third-order valence-corrected chi connectivity index (χ3v) is 14.4. The first-order chi connectivity index (χ1) is 31.5. The van der Waals surface area contributed by atoms with E-state index in [0.29, 0.717) is 0 Å². The molecule has 0 fully saturated rings. The monoisotopic (exact) mass is 816 g/mol. The van der Waals surface area contributed by atoms with Crippen molar-refractivity contribution >= 4 is 44.9 Å². The van der Waals surface area contributed by atoms with Crippen molar-refractivity contribution < 1.29 is 0 Å². The topological polar surface area (TPSA) is 6.48 Å². The summed E-state index contributed by atoms with van der Waals surface area (Å²) in [6, 6.07) is 85.9. The van der Waals surface area contributed by atoms with Crippen molar-refractivity contribution in [3.8, 4) is 33.4 Å². The second-order valence-electron chi connectivity index (χ2n) is 18.0. The fourth-order valence-electron chi connectivity index (χ4n) is 11.7. The third-order valence-electron chi connectivity index (χ3n) is 14.4. The Kier molecular flexibility index (Phi) is 7.90. The van der Waals surface area contributed by atoms with Crippen LogP contribution in [0.25, 0.3) is 44.2 Å². The Balaban J connectivity index is 1.11. The standard InChI is InChI=1S/C62H44N2/c1-61(2)54-31-17-18-32-57(54)64(59-39-43(33-37-55(59)61)41-19-5-3-6-20-41)60-46-24-10-9-21-42(46)34-38-58(60)63(44-22-7-4-8-23-44)45-35-36-50-49-27-13-16-30-53(49)62(56(50)40-45)51-28-14-11-25-47(51)48-26-12-15-29-52(48)62/h3-40H,1-2H3. The molecule has 64 heavy (non-hydrogen) atoms. The van der Waals surface area contributed by atoms with Crippen LogP contribution < -0.4 is 9.80 Å². The molecule has 0 N–H and O–H groups in total. The van der Waals surface area contributed by atoms with Crippen molar-refractivity contribution in [2.45, 2.75) is 24.7 Å². The van der Waals surface area contributed by atoms with Gasteiger partial charge in [-0.05, 0) is 115 Å². The zero-order chi connectivity index (χ0) is 42.6. The zero-order valence-corrected chi connectivity index (χ0v) is 35.8. The molecule has 2 nitrogen and oxygen atoms in total. The van der Waals surface area contributed by atoms with Crippen LogP contribution in [0.2, 0.25) is 0 Å². The van der Waals surface area contributed by atoms with Gasteiger partial charge in [-0.3, -0.25) is 0 Å².